The van der Waals surface area contributed by atoms with Gasteiger partial charge in [0.1, 0.15) is 0 Å². The molecule has 0 atom stereocenters. The number of amides is 1. The zero-order valence-electron chi connectivity index (χ0n) is 12.2. The van der Waals surface area contributed by atoms with Crippen molar-refractivity contribution in [2.75, 3.05) is 39.3 Å². The van der Waals surface area contributed by atoms with E-state index in [0.29, 0.717) is 0 Å². The Labute approximate surface area is 134 Å². The Morgan fingerprint density at radius 3 is 2.52 bits per heavy atom. The minimum atomic E-state index is 0.213. The van der Waals surface area contributed by atoms with Crippen LogP contribution in [0.5, 0.6) is 0 Å². The molecule has 1 N–H and O–H groups in total. The Morgan fingerprint density at radius 1 is 1.29 bits per heavy atom. The molecular weight excluding hydrogens is 306 g/mol. The number of piperazine rings is 1. The molecule has 21 heavy (non-hydrogen) atoms. The SMILES string of the molecule is CC(C(=O)N1CCN(Cc2ccc(Cl)s2)CC1)=C1CNC1. The van der Waals surface area contributed by atoms with Gasteiger partial charge in [0.2, 0.25) is 5.91 Å². The molecule has 3 heterocycles. The number of nitrogens with zero attached hydrogens (tertiary/aromatic N) is 2. The lowest BCUT2D eigenvalue weighted by atomic mass is 10.0. The second-order valence-electron chi connectivity index (χ2n) is 5.61. The minimum absolute atomic E-state index is 0.213. The molecule has 1 aromatic heterocycles. The third-order valence-corrected chi connectivity index (χ3v) is 5.41. The Kier molecular flexibility index (Phi) is 4.64. The maximum absolute atomic E-state index is 12.4. The Balaban J connectivity index is 1.52. The first kappa shape index (κ1) is 15.0. The molecule has 1 amide bonds. The normalized spacial score (nSPS) is 19.5. The van der Waals surface area contributed by atoms with Gasteiger partial charge in [-0.3, -0.25) is 9.69 Å². The van der Waals surface area contributed by atoms with Crippen molar-refractivity contribution in [1.82, 2.24) is 15.1 Å². The molecule has 2 saturated heterocycles. The van der Waals surface area contributed by atoms with Crippen LogP contribution in [0.4, 0.5) is 0 Å². The maximum atomic E-state index is 12.4. The van der Waals surface area contributed by atoms with Gasteiger partial charge in [-0.25, -0.2) is 0 Å². The fourth-order valence-electron chi connectivity index (χ4n) is 2.67. The molecule has 3 rings (SSSR count). The number of carbonyl (C=O) groups excluding carboxylic acids is 1. The average molecular weight is 326 g/mol. The third kappa shape index (κ3) is 3.48. The zero-order chi connectivity index (χ0) is 14.8. The van der Waals surface area contributed by atoms with Crippen molar-refractivity contribution in [1.29, 1.82) is 0 Å². The fourth-order valence-corrected chi connectivity index (χ4v) is 3.80. The molecule has 0 spiro atoms. The molecule has 0 unspecified atom stereocenters. The quantitative estimate of drug-likeness (QED) is 0.863. The number of thiophene rings is 1. The first-order chi connectivity index (χ1) is 10.1. The molecule has 2 aliphatic rings. The zero-order valence-corrected chi connectivity index (χ0v) is 13.8. The van der Waals surface area contributed by atoms with Gasteiger partial charge >= 0.3 is 0 Å². The van der Waals surface area contributed by atoms with Crippen LogP contribution in [-0.4, -0.2) is 55.0 Å². The van der Waals surface area contributed by atoms with Crippen LogP contribution >= 0.6 is 22.9 Å². The lowest BCUT2D eigenvalue weighted by molar-refractivity contribution is -0.128. The van der Waals surface area contributed by atoms with Crippen LogP contribution in [-0.2, 0) is 11.3 Å². The first-order valence-corrected chi connectivity index (χ1v) is 8.48. The number of halogens is 1. The third-order valence-electron chi connectivity index (χ3n) is 4.20. The van der Waals surface area contributed by atoms with E-state index in [1.165, 1.54) is 10.5 Å². The summed E-state index contributed by atoms with van der Waals surface area (Å²) in [6.07, 6.45) is 0. The summed E-state index contributed by atoms with van der Waals surface area (Å²) in [5, 5.41) is 3.19. The van der Waals surface area contributed by atoms with Crippen molar-refractivity contribution >= 4 is 28.8 Å². The van der Waals surface area contributed by atoms with Gasteiger partial charge in [-0.1, -0.05) is 11.6 Å². The lowest BCUT2D eigenvalue weighted by Crippen LogP contribution is -2.49. The standard InChI is InChI=1S/C15H20ClN3OS/c1-11(12-8-17-9-12)15(20)19-6-4-18(5-7-19)10-13-2-3-14(16)21-13/h2-3,17H,4-10H2,1H3. The number of rotatable bonds is 3. The van der Waals surface area contributed by atoms with E-state index < -0.39 is 0 Å². The van der Waals surface area contributed by atoms with Crippen LogP contribution in [0.1, 0.15) is 11.8 Å². The summed E-state index contributed by atoms with van der Waals surface area (Å²) in [5.74, 6) is 0.213. The Hall–Kier alpha value is -0.880. The molecule has 0 radical (unpaired) electrons. The number of carbonyl (C=O) groups is 1. The van der Waals surface area contributed by atoms with E-state index >= 15 is 0 Å². The van der Waals surface area contributed by atoms with Gasteiger partial charge in [-0.15, -0.1) is 11.3 Å². The van der Waals surface area contributed by atoms with Crippen molar-refractivity contribution in [2.45, 2.75) is 13.5 Å². The van der Waals surface area contributed by atoms with Crippen molar-refractivity contribution < 1.29 is 4.79 Å². The molecule has 0 aromatic carbocycles. The maximum Gasteiger partial charge on any atom is 0.249 e. The number of nitrogens with one attached hydrogen (secondary N) is 1. The molecule has 2 aliphatic heterocycles. The van der Waals surface area contributed by atoms with E-state index in [0.717, 1.165) is 55.7 Å². The van der Waals surface area contributed by atoms with Gasteiger partial charge in [0.15, 0.2) is 0 Å². The average Bonchev–Trinajstić information content (AvgIpc) is 2.82. The highest BCUT2D eigenvalue weighted by Crippen LogP contribution is 2.23. The van der Waals surface area contributed by atoms with Crippen LogP contribution in [0, 0.1) is 0 Å². The molecule has 0 aliphatic carbocycles. The van der Waals surface area contributed by atoms with Crippen LogP contribution < -0.4 is 5.32 Å². The largest absolute Gasteiger partial charge is 0.336 e. The highest BCUT2D eigenvalue weighted by atomic mass is 35.5. The van der Waals surface area contributed by atoms with E-state index in [1.54, 1.807) is 11.3 Å². The minimum Gasteiger partial charge on any atom is -0.336 e. The van der Waals surface area contributed by atoms with E-state index in [-0.39, 0.29) is 5.91 Å². The smallest absolute Gasteiger partial charge is 0.249 e. The predicted octanol–water partition coefficient (Wildman–Crippen LogP) is 1.97. The van der Waals surface area contributed by atoms with Crippen molar-refractivity contribution in [3.8, 4) is 0 Å². The highest BCUT2D eigenvalue weighted by molar-refractivity contribution is 7.16. The van der Waals surface area contributed by atoms with Gasteiger partial charge in [-0.2, -0.15) is 0 Å². The monoisotopic (exact) mass is 325 g/mol. The van der Waals surface area contributed by atoms with Gasteiger partial charge < -0.3 is 10.2 Å². The number of hydrogen-bond acceptors (Lipinski definition) is 4. The second kappa shape index (κ2) is 6.48. The molecule has 114 valence electrons. The predicted molar refractivity (Wildman–Crippen MR) is 86.8 cm³/mol. The van der Waals surface area contributed by atoms with E-state index in [4.69, 9.17) is 11.6 Å². The first-order valence-electron chi connectivity index (χ1n) is 7.28. The van der Waals surface area contributed by atoms with Gasteiger partial charge in [0, 0.05) is 56.3 Å². The topological polar surface area (TPSA) is 35.6 Å². The molecule has 4 nitrogen and oxygen atoms in total. The van der Waals surface area contributed by atoms with E-state index in [2.05, 4.69) is 16.3 Å². The van der Waals surface area contributed by atoms with Crippen molar-refractivity contribution in [3.63, 3.8) is 0 Å². The summed E-state index contributed by atoms with van der Waals surface area (Å²) >= 11 is 7.60. The Bertz CT molecular complexity index is 555. The summed E-state index contributed by atoms with van der Waals surface area (Å²) in [6.45, 7) is 8.13. The second-order valence-corrected chi connectivity index (χ2v) is 7.41. The van der Waals surface area contributed by atoms with Crippen molar-refractivity contribution in [2.24, 2.45) is 0 Å². The summed E-state index contributed by atoms with van der Waals surface area (Å²) in [5.41, 5.74) is 2.20. The van der Waals surface area contributed by atoms with E-state index in [9.17, 15) is 4.79 Å². The van der Waals surface area contributed by atoms with Crippen molar-refractivity contribution in [3.05, 3.63) is 32.5 Å². The van der Waals surface area contributed by atoms with Gasteiger partial charge in [0.05, 0.1) is 4.34 Å². The molecule has 0 saturated carbocycles. The van der Waals surface area contributed by atoms with Crippen LogP contribution in [0.15, 0.2) is 23.3 Å². The molecule has 2 fully saturated rings. The van der Waals surface area contributed by atoms with Gasteiger partial charge in [-0.05, 0) is 24.6 Å². The Morgan fingerprint density at radius 2 is 2.00 bits per heavy atom. The summed E-state index contributed by atoms with van der Waals surface area (Å²) in [6, 6.07) is 4.03. The lowest BCUT2D eigenvalue weighted by Gasteiger charge is -2.35. The fraction of sp³-hybridized carbons (Fsp3) is 0.533. The summed E-state index contributed by atoms with van der Waals surface area (Å²) in [4.78, 5) is 18.1. The van der Waals surface area contributed by atoms with Crippen LogP contribution in [0.3, 0.4) is 0 Å². The highest BCUT2D eigenvalue weighted by Gasteiger charge is 2.24. The number of hydrogen-bond donors (Lipinski definition) is 1. The van der Waals surface area contributed by atoms with Crippen LogP contribution in [0.25, 0.3) is 0 Å². The molecular formula is C15H20ClN3OS. The molecule has 6 heteroatoms. The summed E-state index contributed by atoms with van der Waals surface area (Å²) in [7, 11) is 0. The van der Waals surface area contributed by atoms with Crippen LogP contribution in [0.2, 0.25) is 4.34 Å². The summed E-state index contributed by atoms with van der Waals surface area (Å²) < 4.78 is 0.843. The molecule has 1 aromatic rings. The molecule has 0 bridgehead atoms. The van der Waals surface area contributed by atoms with E-state index in [1.807, 2.05) is 17.9 Å². The van der Waals surface area contributed by atoms with Gasteiger partial charge in [0.25, 0.3) is 0 Å².